The first-order valence-corrected chi connectivity index (χ1v) is 9.79. The van der Waals surface area contributed by atoms with Crippen LogP contribution in [0.15, 0.2) is 53.0 Å². The van der Waals surface area contributed by atoms with Gasteiger partial charge in [0.1, 0.15) is 22.9 Å². The van der Waals surface area contributed by atoms with Gasteiger partial charge in [0.2, 0.25) is 5.88 Å². The van der Waals surface area contributed by atoms with Gasteiger partial charge in [-0.1, -0.05) is 18.2 Å². The highest BCUT2D eigenvalue weighted by molar-refractivity contribution is 6.01. The standard InChI is InChI=1S/C23H21FN4O4/c1-15-7-5-11-28-20(15)27-22(32-19-9-4-3-8-18(19)24)17(23(28)30)13-16(14-25)21(29)26-10-6-12-31-2/h3-5,7-9,11,13H,6,10,12H2,1-2H3,(H,26,29)/b16-13+. The van der Waals surface area contributed by atoms with Crippen LogP contribution in [0.1, 0.15) is 17.5 Å². The van der Waals surface area contributed by atoms with E-state index in [2.05, 4.69) is 10.3 Å². The number of benzene rings is 1. The summed E-state index contributed by atoms with van der Waals surface area (Å²) in [5, 5.41) is 12.1. The number of halogens is 1. The normalized spacial score (nSPS) is 11.2. The number of aryl methyl sites for hydroxylation is 1. The largest absolute Gasteiger partial charge is 0.435 e. The second-order valence-corrected chi connectivity index (χ2v) is 6.83. The lowest BCUT2D eigenvalue weighted by Gasteiger charge is -2.12. The molecule has 0 aliphatic rings. The summed E-state index contributed by atoms with van der Waals surface area (Å²) in [5.74, 6) is -1.66. The van der Waals surface area contributed by atoms with E-state index < -0.39 is 17.3 Å². The van der Waals surface area contributed by atoms with Gasteiger partial charge in [-0.15, -0.1) is 0 Å². The molecule has 3 rings (SSSR count). The summed E-state index contributed by atoms with van der Waals surface area (Å²) in [6.45, 7) is 2.50. The van der Waals surface area contributed by atoms with Crippen LogP contribution in [0.5, 0.6) is 11.6 Å². The van der Waals surface area contributed by atoms with Crippen molar-refractivity contribution < 1.29 is 18.7 Å². The molecule has 0 bridgehead atoms. The fourth-order valence-electron chi connectivity index (χ4n) is 2.93. The van der Waals surface area contributed by atoms with Crippen LogP contribution in [0.3, 0.4) is 0 Å². The molecule has 8 nitrogen and oxygen atoms in total. The third kappa shape index (κ3) is 4.99. The van der Waals surface area contributed by atoms with Crippen LogP contribution < -0.4 is 15.6 Å². The molecular formula is C23H21FN4O4. The zero-order valence-electron chi connectivity index (χ0n) is 17.6. The molecular weight excluding hydrogens is 415 g/mol. The van der Waals surface area contributed by atoms with Crippen molar-refractivity contribution in [1.29, 1.82) is 5.26 Å². The number of ether oxygens (including phenoxy) is 2. The van der Waals surface area contributed by atoms with Gasteiger partial charge in [0.05, 0.1) is 0 Å². The van der Waals surface area contributed by atoms with E-state index in [4.69, 9.17) is 9.47 Å². The summed E-state index contributed by atoms with van der Waals surface area (Å²) in [7, 11) is 1.54. The monoisotopic (exact) mass is 436 g/mol. The van der Waals surface area contributed by atoms with Crippen molar-refractivity contribution in [3.63, 3.8) is 0 Å². The molecule has 1 N–H and O–H groups in total. The van der Waals surface area contributed by atoms with Gasteiger partial charge in [0.25, 0.3) is 11.5 Å². The Bertz CT molecular complexity index is 1280. The number of hydrogen-bond donors (Lipinski definition) is 1. The Morgan fingerprint density at radius 3 is 2.81 bits per heavy atom. The third-order valence-corrected chi connectivity index (χ3v) is 4.56. The average Bonchev–Trinajstić information content (AvgIpc) is 2.79. The number of carbonyl (C=O) groups is 1. The zero-order chi connectivity index (χ0) is 23.1. The number of nitriles is 1. The molecule has 0 aliphatic heterocycles. The maximum Gasteiger partial charge on any atom is 0.269 e. The maximum atomic E-state index is 14.2. The van der Waals surface area contributed by atoms with Crippen LogP contribution in [0, 0.1) is 24.1 Å². The number of carbonyl (C=O) groups excluding carboxylic acids is 1. The number of nitrogens with one attached hydrogen (secondary N) is 1. The van der Waals surface area contributed by atoms with Crippen LogP contribution >= 0.6 is 0 Å². The van der Waals surface area contributed by atoms with Crippen molar-refractivity contribution in [3.8, 4) is 17.7 Å². The number of rotatable bonds is 8. The quantitative estimate of drug-likeness (QED) is 0.331. The Hall–Kier alpha value is -4.03. The topological polar surface area (TPSA) is 106 Å². The molecule has 0 aliphatic carbocycles. The van der Waals surface area contributed by atoms with E-state index in [1.807, 2.05) is 0 Å². The van der Waals surface area contributed by atoms with Crippen molar-refractivity contribution >= 4 is 17.6 Å². The highest BCUT2D eigenvalue weighted by Crippen LogP contribution is 2.26. The Kier molecular flexibility index (Phi) is 7.31. The Morgan fingerprint density at radius 2 is 2.09 bits per heavy atom. The van der Waals surface area contributed by atoms with E-state index >= 15 is 0 Å². The molecule has 0 spiro atoms. The lowest BCUT2D eigenvalue weighted by Crippen LogP contribution is -2.27. The highest BCUT2D eigenvalue weighted by Gasteiger charge is 2.18. The first-order chi connectivity index (χ1) is 15.5. The first-order valence-electron chi connectivity index (χ1n) is 9.79. The minimum atomic E-state index is -0.658. The lowest BCUT2D eigenvalue weighted by molar-refractivity contribution is -0.117. The van der Waals surface area contributed by atoms with Crippen molar-refractivity contribution in [1.82, 2.24) is 14.7 Å². The molecule has 0 saturated heterocycles. The van der Waals surface area contributed by atoms with Crippen LogP contribution in [-0.2, 0) is 9.53 Å². The predicted octanol–water partition coefficient (Wildman–Crippen LogP) is 2.99. The van der Waals surface area contributed by atoms with E-state index in [1.54, 1.807) is 38.3 Å². The number of amides is 1. The number of para-hydroxylation sites is 1. The highest BCUT2D eigenvalue weighted by atomic mass is 19.1. The van der Waals surface area contributed by atoms with Crippen molar-refractivity contribution in [2.45, 2.75) is 13.3 Å². The summed E-state index contributed by atoms with van der Waals surface area (Å²) in [4.78, 5) is 30.0. The number of methoxy groups -OCH3 is 1. The molecule has 0 atom stereocenters. The van der Waals surface area contributed by atoms with Crippen molar-refractivity contribution in [2.75, 3.05) is 20.3 Å². The summed E-state index contributed by atoms with van der Waals surface area (Å²) in [5.41, 5.74) is -0.0318. The van der Waals surface area contributed by atoms with Gasteiger partial charge in [-0.2, -0.15) is 10.2 Å². The second kappa shape index (κ2) is 10.3. The van der Waals surface area contributed by atoms with Gasteiger partial charge in [-0.05, 0) is 43.2 Å². The van der Waals surface area contributed by atoms with Crippen LogP contribution in [0.2, 0.25) is 0 Å². The van der Waals surface area contributed by atoms with Gasteiger partial charge >= 0.3 is 0 Å². The Morgan fingerprint density at radius 1 is 1.31 bits per heavy atom. The third-order valence-electron chi connectivity index (χ3n) is 4.56. The molecule has 32 heavy (non-hydrogen) atoms. The van der Waals surface area contributed by atoms with Gasteiger partial charge in [0.15, 0.2) is 11.6 Å². The second-order valence-electron chi connectivity index (χ2n) is 6.83. The molecule has 2 heterocycles. The fourth-order valence-corrected chi connectivity index (χ4v) is 2.93. The number of fused-ring (bicyclic) bond motifs is 1. The van der Waals surface area contributed by atoms with Crippen LogP contribution in [-0.4, -0.2) is 35.6 Å². The molecule has 1 amide bonds. The average molecular weight is 436 g/mol. The van der Waals surface area contributed by atoms with E-state index in [0.29, 0.717) is 30.8 Å². The summed E-state index contributed by atoms with van der Waals surface area (Å²) >= 11 is 0. The molecule has 0 fully saturated rings. The minimum Gasteiger partial charge on any atom is -0.435 e. The predicted molar refractivity (Wildman–Crippen MR) is 116 cm³/mol. The van der Waals surface area contributed by atoms with Gasteiger partial charge in [0, 0.05) is 26.5 Å². The number of hydrogen-bond acceptors (Lipinski definition) is 6. The van der Waals surface area contributed by atoms with Gasteiger partial charge in [-0.25, -0.2) is 4.39 Å². The lowest BCUT2D eigenvalue weighted by atomic mass is 10.1. The summed E-state index contributed by atoms with van der Waals surface area (Å²) in [6.07, 6.45) is 3.17. The first kappa shape index (κ1) is 22.7. The SMILES string of the molecule is COCCCNC(=O)/C(C#N)=C/c1c(Oc2ccccc2F)nc2c(C)cccn2c1=O. The van der Waals surface area contributed by atoms with Crippen molar-refractivity contribution in [2.24, 2.45) is 0 Å². The van der Waals surface area contributed by atoms with Crippen molar-refractivity contribution in [3.05, 3.63) is 75.5 Å². The Balaban J connectivity index is 2.11. The van der Waals surface area contributed by atoms with Crippen LogP contribution in [0.4, 0.5) is 4.39 Å². The zero-order valence-corrected chi connectivity index (χ0v) is 17.6. The molecule has 0 saturated carbocycles. The van der Waals surface area contributed by atoms with E-state index in [-0.39, 0.29) is 22.8 Å². The molecule has 1 aromatic carbocycles. The molecule has 164 valence electrons. The maximum absolute atomic E-state index is 14.2. The van der Waals surface area contributed by atoms with Gasteiger partial charge in [-0.3, -0.25) is 14.0 Å². The summed E-state index contributed by atoms with van der Waals surface area (Å²) < 4.78 is 26.0. The van der Waals surface area contributed by atoms with E-state index in [9.17, 15) is 19.2 Å². The van der Waals surface area contributed by atoms with E-state index in [1.165, 1.54) is 28.8 Å². The molecule has 0 radical (unpaired) electrons. The minimum absolute atomic E-state index is 0.144. The smallest absolute Gasteiger partial charge is 0.269 e. The number of aromatic nitrogens is 2. The number of pyridine rings is 1. The fraction of sp³-hybridized carbons (Fsp3) is 0.217. The molecule has 0 unspecified atom stereocenters. The molecule has 2 aromatic heterocycles. The summed E-state index contributed by atoms with van der Waals surface area (Å²) in [6, 6.07) is 10.9. The molecule has 9 heteroatoms. The Labute approximate surface area is 183 Å². The van der Waals surface area contributed by atoms with E-state index in [0.717, 1.165) is 6.08 Å². The number of nitrogens with zero attached hydrogens (tertiary/aromatic N) is 3. The molecule has 3 aromatic rings. The van der Waals surface area contributed by atoms with Gasteiger partial charge < -0.3 is 14.8 Å². The van der Waals surface area contributed by atoms with Crippen LogP contribution in [0.25, 0.3) is 11.7 Å².